The predicted octanol–water partition coefficient (Wildman–Crippen LogP) is 7.07. The first-order valence-electron chi connectivity index (χ1n) is 11.9. The van der Waals surface area contributed by atoms with E-state index in [2.05, 4.69) is 110 Å². The molecule has 1 fully saturated rings. The second-order valence-corrected chi connectivity index (χ2v) is 13.5. The lowest BCUT2D eigenvalue weighted by Crippen LogP contribution is -2.42. The molecule has 1 saturated heterocycles. The topological polar surface area (TPSA) is 18.5 Å². The molecule has 3 aromatic carbocycles. The number of hydrogen-bond acceptors (Lipinski definition) is 2. The van der Waals surface area contributed by atoms with Gasteiger partial charge < -0.3 is 9.47 Å². The van der Waals surface area contributed by atoms with Gasteiger partial charge in [-0.2, -0.15) is 0 Å². The van der Waals surface area contributed by atoms with Crippen LogP contribution >= 0.6 is 0 Å². The van der Waals surface area contributed by atoms with Gasteiger partial charge in [0, 0.05) is 6.61 Å². The zero-order valence-corrected chi connectivity index (χ0v) is 20.7. The van der Waals surface area contributed by atoms with Gasteiger partial charge in [0.05, 0.1) is 6.61 Å². The first-order valence-corrected chi connectivity index (χ1v) is 15.0. The van der Waals surface area contributed by atoms with E-state index in [0.717, 1.165) is 19.4 Å². The van der Waals surface area contributed by atoms with Crippen LogP contribution in [0.5, 0.6) is 0 Å². The fourth-order valence-corrected chi connectivity index (χ4v) is 6.47. The Balaban J connectivity index is 1.41. The monoisotopic (exact) mass is 454 g/mol. The smallest absolute Gasteiger partial charge is 0.158 e. The molecular weight excluding hydrogens is 420 g/mol. The molecule has 0 bridgehead atoms. The van der Waals surface area contributed by atoms with Crippen LogP contribution < -0.4 is 5.19 Å². The quantitative estimate of drug-likeness (QED) is 0.268. The summed E-state index contributed by atoms with van der Waals surface area (Å²) in [5, 5.41) is 1.43. The number of benzene rings is 3. The van der Waals surface area contributed by atoms with Gasteiger partial charge in [-0.1, -0.05) is 116 Å². The summed E-state index contributed by atoms with van der Waals surface area (Å²) in [6.45, 7) is 6.23. The second kappa shape index (κ2) is 11.4. The summed E-state index contributed by atoms with van der Waals surface area (Å²) in [6.07, 6.45) is 9.87. The van der Waals surface area contributed by atoms with Crippen molar-refractivity contribution >= 4 is 31.5 Å². The minimum atomic E-state index is -1.78. The highest BCUT2D eigenvalue weighted by molar-refractivity contribution is 6.94. The molecule has 170 valence electrons. The van der Waals surface area contributed by atoms with Gasteiger partial charge in [0.25, 0.3) is 0 Å². The highest BCUT2D eigenvalue weighted by Crippen LogP contribution is 2.18. The third-order valence-electron chi connectivity index (χ3n) is 6.17. The predicted molar refractivity (Wildman–Crippen MR) is 143 cm³/mol. The van der Waals surface area contributed by atoms with Crippen LogP contribution in [0.2, 0.25) is 13.1 Å². The normalized spacial score (nSPS) is 17.1. The molecular formula is C30H34O2Si. The summed E-state index contributed by atoms with van der Waals surface area (Å²) in [6, 6.07) is 27.9. The Morgan fingerprint density at radius 2 is 1.42 bits per heavy atom. The zero-order chi connectivity index (χ0) is 22.9. The van der Waals surface area contributed by atoms with E-state index in [1.807, 2.05) is 6.07 Å². The molecule has 2 nitrogen and oxygen atoms in total. The van der Waals surface area contributed by atoms with Crippen LogP contribution in [0.3, 0.4) is 0 Å². The largest absolute Gasteiger partial charge is 0.353 e. The van der Waals surface area contributed by atoms with Crippen LogP contribution in [-0.2, 0) is 16.1 Å². The van der Waals surface area contributed by atoms with Gasteiger partial charge in [-0.3, -0.25) is 0 Å². The molecule has 1 unspecified atom stereocenters. The van der Waals surface area contributed by atoms with Crippen molar-refractivity contribution < 1.29 is 9.47 Å². The molecule has 0 radical (unpaired) electrons. The second-order valence-electron chi connectivity index (χ2n) is 9.23. The van der Waals surface area contributed by atoms with Crippen LogP contribution in [-0.4, -0.2) is 21.0 Å². The minimum Gasteiger partial charge on any atom is -0.353 e. The van der Waals surface area contributed by atoms with Crippen molar-refractivity contribution in [1.82, 2.24) is 0 Å². The summed E-state index contributed by atoms with van der Waals surface area (Å²) in [7, 11) is -1.78. The van der Waals surface area contributed by atoms with Gasteiger partial charge in [-0.15, -0.1) is 0 Å². The lowest BCUT2D eigenvalue weighted by molar-refractivity contribution is -0.168. The maximum Gasteiger partial charge on any atom is 0.158 e. The van der Waals surface area contributed by atoms with Crippen molar-refractivity contribution in [3.8, 4) is 0 Å². The molecule has 1 atom stereocenters. The third kappa shape index (κ3) is 6.88. The van der Waals surface area contributed by atoms with Crippen molar-refractivity contribution in [2.75, 3.05) is 6.61 Å². The van der Waals surface area contributed by atoms with E-state index in [1.165, 1.54) is 33.9 Å². The van der Waals surface area contributed by atoms with E-state index in [4.69, 9.17) is 9.47 Å². The van der Waals surface area contributed by atoms with E-state index < -0.39 is 8.07 Å². The van der Waals surface area contributed by atoms with Gasteiger partial charge in [-0.25, -0.2) is 0 Å². The average Bonchev–Trinajstić information content (AvgIpc) is 2.87. The van der Waals surface area contributed by atoms with Crippen LogP contribution in [0, 0.1) is 0 Å². The molecule has 0 N–H and O–H groups in total. The van der Waals surface area contributed by atoms with E-state index in [0.29, 0.717) is 6.61 Å². The first-order chi connectivity index (χ1) is 16.1. The Morgan fingerprint density at radius 1 is 0.788 bits per heavy atom. The molecule has 3 heteroatoms. The lowest BCUT2D eigenvalue weighted by Gasteiger charge is -2.26. The number of ether oxygens (including phenoxy) is 2. The van der Waals surface area contributed by atoms with E-state index in [1.54, 1.807) is 0 Å². The lowest BCUT2D eigenvalue weighted by atomic mass is 10.1. The van der Waals surface area contributed by atoms with Crippen LogP contribution in [0.25, 0.3) is 18.2 Å². The number of rotatable bonds is 8. The molecule has 0 spiro atoms. The molecule has 1 aliphatic heterocycles. The summed E-state index contributed by atoms with van der Waals surface area (Å²) in [5.74, 6) is 0. The Kier molecular flexibility index (Phi) is 8.11. The van der Waals surface area contributed by atoms with Crippen molar-refractivity contribution in [2.45, 2.75) is 45.3 Å². The fourth-order valence-electron chi connectivity index (χ4n) is 4.17. The molecule has 3 aromatic rings. The maximum atomic E-state index is 6.11. The SMILES string of the molecule is C[Si](C)(/C=C/c1ccc(/C=C/c2ccccc2)cc1)c1ccccc1COC1CCCCO1. The molecule has 0 saturated carbocycles. The van der Waals surface area contributed by atoms with Crippen molar-refractivity contribution in [2.24, 2.45) is 0 Å². The highest BCUT2D eigenvalue weighted by Gasteiger charge is 2.23. The third-order valence-corrected chi connectivity index (χ3v) is 9.05. The van der Waals surface area contributed by atoms with Crippen molar-refractivity contribution in [3.63, 3.8) is 0 Å². The molecule has 0 aromatic heterocycles. The van der Waals surface area contributed by atoms with Crippen molar-refractivity contribution in [1.29, 1.82) is 0 Å². The molecule has 4 rings (SSSR count). The molecule has 1 aliphatic rings. The van der Waals surface area contributed by atoms with Gasteiger partial charge in [0.1, 0.15) is 8.07 Å². The van der Waals surface area contributed by atoms with Crippen LogP contribution in [0.15, 0.2) is 84.6 Å². The summed E-state index contributed by atoms with van der Waals surface area (Å²) in [4.78, 5) is 0. The Bertz CT molecular complexity index is 1060. The Labute approximate surface area is 199 Å². The van der Waals surface area contributed by atoms with Crippen LogP contribution in [0.4, 0.5) is 0 Å². The summed E-state index contributed by atoms with van der Waals surface area (Å²) in [5.41, 5.74) is 7.37. The maximum absolute atomic E-state index is 6.11. The fraction of sp³-hybridized carbons (Fsp3) is 0.267. The Hall–Kier alpha value is -2.72. The molecule has 0 amide bonds. The standard InChI is InChI=1S/C30H34O2Si/c1-33(2,29-13-7-6-12-28(29)24-32-30-14-8-9-22-31-30)23-21-27-19-17-26(18-20-27)16-15-25-10-4-3-5-11-25/h3-7,10-13,15-21,23,30H,8-9,14,22,24H2,1-2H3/b16-15+,23-21+. The summed E-state index contributed by atoms with van der Waals surface area (Å²) >= 11 is 0. The summed E-state index contributed by atoms with van der Waals surface area (Å²) < 4.78 is 11.9. The molecule has 0 aliphatic carbocycles. The van der Waals surface area contributed by atoms with Gasteiger partial charge in [0.2, 0.25) is 0 Å². The zero-order valence-electron chi connectivity index (χ0n) is 19.7. The van der Waals surface area contributed by atoms with Gasteiger partial charge >= 0.3 is 0 Å². The van der Waals surface area contributed by atoms with E-state index in [9.17, 15) is 0 Å². The van der Waals surface area contributed by atoms with Gasteiger partial charge in [-0.05, 0) is 46.7 Å². The average molecular weight is 455 g/mol. The number of hydrogen-bond donors (Lipinski definition) is 0. The first kappa shape index (κ1) is 23.4. The van der Waals surface area contributed by atoms with E-state index >= 15 is 0 Å². The Morgan fingerprint density at radius 3 is 2.12 bits per heavy atom. The van der Waals surface area contributed by atoms with Gasteiger partial charge in [0.15, 0.2) is 6.29 Å². The molecule has 1 heterocycles. The minimum absolute atomic E-state index is 0.0541. The van der Waals surface area contributed by atoms with E-state index in [-0.39, 0.29) is 6.29 Å². The van der Waals surface area contributed by atoms with Crippen molar-refractivity contribution in [3.05, 3.63) is 107 Å². The molecule has 33 heavy (non-hydrogen) atoms. The highest BCUT2D eigenvalue weighted by atomic mass is 28.3. The van der Waals surface area contributed by atoms with Crippen LogP contribution in [0.1, 0.15) is 41.5 Å².